The number of nitrogens with two attached hydrogens (primary N) is 1. The number of hydrogen-bond acceptors (Lipinski definition) is 5. The largest absolute Gasteiger partial charge is 0.343 e. The third kappa shape index (κ3) is 6.53. The molecule has 2 rings (SSSR count). The van der Waals surface area contributed by atoms with Crippen LogP contribution in [0.3, 0.4) is 0 Å². The first-order chi connectivity index (χ1) is 13.6. The maximum atomic E-state index is 13.3. The smallest absolute Gasteiger partial charge is 0.328 e. The van der Waals surface area contributed by atoms with Gasteiger partial charge >= 0.3 is 5.69 Å². The molecular formula is C19H25ClFN5O4. The molecule has 1 aromatic heterocycles. The molecule has 0 aliphatic carbocycles. The molecular weight excluding hydrogens is 417 g/mol. The van der Waals surface area contributed by atoms with Gasteiger partial charge < -0.3 is 16.4 Å². The van der Waals surface area contributed by atoms with Gasteiger partial charge in [-0.2, -0.15) is 4.39 Å². The normalized spacial score (nSPS) is 12.6. The number of rotatable bonds is 7. The number of anilines is 1. The molecule has 0 fully saturated rings. The highest BCUT2D eigenvalue weighted by atomic mass is 35.5. The summed E-state index contributed by atoms with van der Waals surface area (Å²) in [7, 11) is 0. The van der Waals surface area contributed by atoms with Crippen LogP contribution < -0.4 is 27.6 Å². The van der Waals surface area contributed by atoms with Gasteiger partial charge in [-0.15, -0.1) is 12.4 Å². The van der Waals surface area contributed by atoms with E-state index in [0.29, 0.717) is 11.3 Å². The minimum atomic E-state index is -1.07. The number of aromatic amines is 1. The number of nitrogens with one attached hydrogen (secondary N) is 3. The molecule has 2 amide bonds. The van der Waals surface area contributed by atoms with E-state index in [2.05, 4.69) is 10.6 Å². The maximum Gasteiger partial charge on any atom is 0.328 e. The summed E-state index contributed by atoms with van der Waals surface area (Å²) in [5, 5.41) is 5.23. The number of halogens is 2. The van der Waals surface area contributed by atoms with Crippen LogP contribution in [0.25, 0.3) is 0 Å². The Kier molecular flexibility index (Phi) is 8.94. The summed E-state index contributed by atoms with van der Waals surface area (Å²) >= 11 is 0. The lowest BCUT2D eigenvalue weighted by Crippen LogP contribution is -2.50. The summed E-state index contributed by atoms with van der Waals surface area (Å²) in [5.41, 5.74) is 5.10. The molecule has 0 bridgehead atoms. The van der Waals surface area contributed by atoms with Gasteiger partial charge in [0.2, 0.25) is 17.6 Å². The Morgan fingerprint density at radius 3 is 2.30 bits per heavy atom. The first-order valence-corrected chi connectivity index (χ1v) is 9.03. The number of hydrogen-bond donors (Lipinski definition) is 4. The van der Waals surface area contributed by atoms with Gasteiger partial charge in [-0.1, -0.05) is 26.0 Å². The number of carbonyl (C=O) groups is 2. The molecule has 11 heteroatoms. The molecule has 0 aliphatic rings. The summed E-state index contributed by atoms with van der Waals surface area (Å²) in [6.45, 7) is 5.21. The van der Waals surface area contributed by atoms with Crippen LogP contribution in [0, 0.1) is 11.7 Å². The predicted molar refractivity (Wildman–Crippen MR) is 113 cm³/mol. The second kappa shape index (κ2) is 10.7. The minimum absolute atomic E-state index is 0. The quantitative estimate of drug-likeness (QED) is 0.497. The topological polar surface area (TPSA) is 139 Å². The summed E-state index contributed by atoms with van der Waals surface area (Å²) in [4.78, 5) is 48.8. The standard InChI is InChI=1S/C19H24FN5O4.ClH/c1-10(2)15(21)18(28)22-11(3)16(26)23-13-6-4-12(5-7-13)8-25-9-14(20)17(27)24-19(25)29;/h4-7,9-11,15H,8,21H2,1-3H3,(H,22,28)(H,23,26)(H,24,27,29);1H/t11-,15-;/m0./s1. The Morgan fingerprint density at radius 1 is 1.13 bits per heavy atom. The Morgan fingerprint density at radius 2 is 1.73 bits per heavy atom. The molecule has 0 saturated heterocycles. The van der Waals surface area contributed by atoms with Crippen LogP contribution in [0.4, 0.5) is 10.1 Å². The van der Waals surface area contributed by atoms with E-state index in [1.165, 1.54) is 0 Å². The van der Waals surface area contributed by atoms with Crippen molar-refractivity contribution in [1.29, 1.82) is 0 Å². The third-order valence-corrected chi connectivity index (χ3v) is 4.31. The van der Waals surface area contributed by atoms with Crippen molar-refractivity contribution in [3.8, 4) is 0 Å². The van der Waals surface area contributed by atoms with Crippen LogP contribution in [0.15, 0.2) is 40.1 Å². The van der Waals surface area contributed by atoms with Crippen LogP contribution in [-0.4, -0.2) is 33.4 Å². The van der Waals surface area contributed by atoms with Crippen LogP contribution >= 0.6 is 12.4 Å². The Balaban J connectivity index is 0.00000450. The van der Waals surface area contributed by atoms with Crippen LogP contribution in [0.5, 0.6) is 0 Å². The fourth-order valence-corrected chi connectivity index (χ4v) is 2.42. The van der Waals surface area contributed by atoms with E-state index in [4.69, 9.17) is 5.73 Å². The highest BCUT2D eigenvalue weighted by molar-refractivity contribution is 5.97. The lowest BCUT2D eigenvalue weighted by molar-refractivity contribution is -0.127. The van der Waals surface area contributed by atoms with E-state index in [9.17, 15) is 23.6 Å². The average Bonchev–Trinajstić information content (AvgIpc) is 2.66. The lowest BCUT2D eigenvalue weighted by Gasteiger charge is -2.19. The van der Waals surface area contributed by atoms with Gasteiger partial charge in [0, 0.05) is 5.69 Å². The fraction of sp³-hybridized carbons (Fsp3) is 0.368. The second-order valence-electron chi connectivity index (χ2n) is 7.05. The zero-order valence-electron chi connectivity index (χ0n) is 16.8. The van der Waals surface area contributed by atoms with E-state index < -0.39 is 41.0 Å². The highest BCUT2D eigenvalue weighted by Crippen LogP contribution is 2.11. The number of amides is 2. The number of H-pyrrole nitrogens is 1. The summed E-state index contributed by atoms with van der Waals surface area (Å²) < 4.78 is 14.4. The third-order valence-electron chi connectivity index (χ3n) is 4.31. The molecule has 0 aliphatic heterocycles. The maximum absolute atomic E-state index is 13.3. The van der Waals surface area contributed by atoms with Gasteiger partial charge in [0.25, 0.3) is 5.56 Å². The van der Waals surface area contributed by atoms with Crippen molar-refractivity contribution >= 4 is 29.9 Å². The summed E-state index contributed by atoms with van der Waals surface area (Å²) in [6.07, 6.45) is 0.836. The van der Waals surface area contributed by atoms with Gasteiger partial charge in [-0.3, -0.25) is 23.9 Å². The molecule has 1 aromatic carbocycles. The summed E-state index contributed by atoms with van der Waals surface area (Å²) in [6, 6.07) is 5.01. The van der Waals surface area contributed by atoms with Gasteiger partial charge in [0.1, 0.15) is 6.04 Å². The number of nitrogens with zero attached hydrogens (tertiary/aromatic N) is 1. The first kappa shape index (κ1) is 25.1. The van der Waals surface area contributed by atoms with Crippen molar-refractivity contribution in [2.45, 2.75) is 39.4 Å². The average molecular weight is 442 g/mol. The second-order valence-corrected chi connectivity index (χ2v) is 7.05. The van der Waals surface area contributed by atoms with Crippen LogP contribution in [0.2, 0.25) is 0 Å². The van der Waals surface area contributed by atoms with E-state index in [1.807, 2.05) is 18.8 Å². The van der Waals surface area contributed by atoms with Crippen molar-refractivity contribution in [3.05, 3.63) is 62.7 Å². The van der Waals surface area contributed by atoms with Crippen molar-refractivity contribution in [1.82, 2.24) is 14.9 Å². The van der Waals surface area contributed by atoms with Crippen molar-refractivity contribution in [2.75, 3.05) is 5.32 Å². The molecule has 5 N–H and O–H groups in total. The van der Waals surface area contributed by atoms with E-state index >= 15 is 0 Å². The van der Waals surface area contributed by atoms with Crippen molar-refractivity contribution in [2.24, 2.45) is 11.7 Å². The molecule has 0 spiro atoms. The number of benzene rings is 1. The van der Waals surface area contributed by atoms with Crippen LogP contribution in [0.1, 0.15) is 26.3 Å². The molecule has 2 atom stereocenters. The Hall–Kier alpha value is -2.98. The Bertz CT molecular complexity index is 1000. The number of aromatic nitrogens is 2. The lowest BCUT2D eigenvalue weighted by atomic mass is 10.0. The molecule has 9 nitrogen and oxygen atoms in total. The van der Waals surface area contributed by atoms with Gasteiger partial charge in [-0.05, 0) is 30.5 Å². The van der Waals surface area contributed by atoms with Gasteiger partial charge in [-0.25, -0.2) is 4.79 Å². The molecule has 2 aromatic rings. The monoisotopic (exact) mass is 441 g/mol. The van der Waals surface area contributed by atoms with Gasteiger partial charge in [0.05, 0.1) is 18.8 Å². The van der Waals surface area contributed by atoms with Crippen molar-refractivity contribution in [3.63, 3.8) is 0 Å². The molecule has 0 saturated carbocycles. The molecule has 164 valence electrons. The fourth-order valence-electron chi connectivity index (χ4n) is 2.42. The van der Waals surface area contributed by atoms with E-state index in [1.54, 1.807) is 31.2 Å². The number of carbonyl (C=O) groups excluding carboxylic acids is 2. The SMILES string of the molecule is CC(C)[C@H](N)C(=O)N[C@@H](C)C(=O)Nc1ccc(Cn2cc(F)c(=O)[nH]c2=O)cc1.Cl. The first-order valence-electron chi connectivity index (χ1n) is 9.03. The zero-order chi connectivity index (χ0) is 21.7. The molecule has 0 radical (unpaired) electrons. The molecule has 0 unspecified atom stereocenters. The van der Waals surface area contributed by atoms with Crippen LogP contribution in [-0.2, 0) is 16.1 Å². The van der Waals surface area contributed by atoms with E-state index in [-0.39, 0.29) is 24.9 Å². The van der Waals surface area contributed by atoms with Gasteiger partial charge in [0.15, 0.2) is 0 Å². The minimum Gasteiger partial charge on any atom is -0.343 e. The molecule has 30 heavy (non-hydrogen) atoms. The van der Waals surface area contributed by atoms with E-state index in [0.717, 1.165) is 10.8 Å². The zero-order valence-corrected chi connectivity index (χ0v) is 17.6. The predicted octanol–water partition coefficient (Wildman–Crippen LogP) is 0.572. The van der Waals surface area contributed by atoms with Crippen molar-refractivity contribution < 1.29 is 14.0 Å². The highest BCUT2D eigenvalue weighted by Gasteiger charge is 2.22. The molecule has 1 heterocycles. The Labute approximate surface area is 178 Å². The summed E-state index contributed by atoms with van der Waals surface area (Å²) in [5.74, 6) is -1.93.